The van der Waals surface area contributed by atoms with Gasteiger partial charge in [-0.15, -0.1) is 5.10 Å². The molecular formula is C22H28N8O2. The fraction of sp³-hybridized carbons (Fsp3) is 0.455. The van der Waals surface area contributed by atoms with E-state index in [2.05, 4.69) is 31.0 Å². The Balaban J connectivity index is 1.45. The van der Waals surface area contributed by atoms with E-state index >= 15 is 0 Å². The normalized spacial score (nSPS) is 24.8. The van der Waals surface area contributed by atoms with E-state index in [1.165, 1.54) is 6.20 Å². The van der Waals surface area contributed by atoms with Gasteiger partial charge in [0.15, 0.2) is 11.3 Å². The number of carbonyl (C=O) groups is 1. The number of nitrogens with zero attached hydrogens (tertiary/aromatic N) is 4. The van der Waals surface area contributed by atoms with Crippen LogP contribution in [0.5, 0.6) is 0 Å². The van der Waals surface area contributed by atoms with Gasteiger partial charge in [-0.3, -0.25) is 9.78 Å². The molecule has 10 heteroatoms. The second kappa shape index (κ2) is 8.71. The molecule has 2 saturated carbocycles. The fourth-order valence-electron chi connectivity index (χ4n) is 4.23. The molecule has 3 heterocycles. The first-order valence-electron chi connectivity index (χ1n) is 11.1. The van der Waals surface area contributed by atoms with Gasteiger partial charge in [0.2, 0.25) is 0 Å². The van der Waals surface area contributed by atoms with Gasteiger partial charge in [-0.2, -0.15) is 0 Å². The summed E-state index contributed by atoms with van der Waals surface area (Å²) in [5.41, 5.74) is 8.39. The molecule has 0 aromatic carbocycles. The standard InChI is InChI=1S/C22H28N8O2/c23-14-1-3-15(4-2-14)26-20-10-18(28-17-9-13(17)12-31)21-25-11-19(30(21)29-20)22(32)27-16-5-7-24-8-6-16/h5-8,10-11,13-15,17,28,31H,1-4,9,12,23H2,(H,26,29)(H,24,27,32)/t13-,14?,15?,17?/m1/s1. The summed E-state index contributed by atoms with van der Waals surface area (Å²) in [7, 11) is 0. The maximum atomic E-state index is 13.0. The Bertz CT molecular complexity index is 1090. The fourth-order valence-corrected chi connectivity index (χ4v) is 4.23. The number of hydrogen-bond acceptors (Lipinski definition) is 8. The molecule has 1 unspecified atom stereocenters. The van der Waals surface area contributed by atoms with Crippen LogP contribution in [0.1, 0.15) is 42.6 Å². The van der Waals surface area contributed by atoms with Crippen LogP contribution in [0.15, 0.2) is 36.8 Å². The average Bonchev–Trinajstić information content (AvgIpc) is 3.41. The first-order chi connectivity index (χ1) is 15.6. The Labute approximate surface area is 185 Å². The molecule has 0 bridgehead atoms. The topological polar surface area (TPSA) is 142 Å². The lowest BCUT2D eigenvalue weighted by Crippen LogP contribution is -2.33. The van der Waals surface area contributed by atoms with Crippen LogP contribution >= 0.6 is 0 Å². The SMILES string of the molecule is NC1CCC(Nc2cc(NC3C[C@@H]3CO)c3ncc(C(=O)Nc4ccncc4)n3n2)CC1. The molecule has 5 rings (SSSR count). The summed E-state index contributed by atoms with van der Waals surface area (Å²) in [5.74, 6) is 0.615. The summed E-state index contributed by atoms with van der Waals surface area (Å²) in [5, 5.41) is 24.0. The predicted octanol–water partition coefficient (Wildman–Crippen LogP) is 1.85. The number of pyridine rings is 1. The third-order valence-corrected chi connectivity index (χ3v) is 6.26. The van der Waals surface area contributed by atoms with Crippen LogP contribution in [0.2, 0.25) is 0 Å². The monoisotopic (exact) mass is 436 g/mol. The number of fused-ring (bicyclic) bond motifs is 1. The summed E-state index contributed by atoms with van der Waals surface area (Å²) < 4.78 is 1.58. The quantitative estimate of drug-likeness (QED) is 0.378. The number of carbonyl (C=O) groups excluding carboxylic acids is 1. The molecule has 6 N–H and O–H groups in total. The molecule has 0 aliphatic heterocycles. The van der Waals surface area contributed by atoms with Gasteiger partial charge in [-0.1, -0.05) is 0 Å². The van der Waals surface area contributed by atoms with E-state index in [4.69, 9.17) is 5.73 Å². The molecule has 3 aromatic heterocycles. The number of nitrogens with two attached hydrogens (primary N) is 1. The Morgan fingerprint density at radius 3 is 2.69 bits per heavy atom. The van der Waals surface area contributed by atoms with Gasteiger partial charge in [0.05, 0.1) is 11.9 Å². The summed E-state index contributed by atoms with van der Waals surface area (Å²) in [6, 6.07) is 6.14. The third-order valence-electron chi connectivity index (χ3n) is 6.26. The highest BCUT2D eigenvalue weighted by molar-refractivity contribution is 6.03. The number of hydrogen-bond donors (Lipinski definition) is 5. The number of aliphatic hydroxyl groups excluding tert-OH is 1. The molecule has 0 radical (unpaired) electrons. The van der Waals surface area contributed by atoms with Crippen molar-refractivity contribution >= 4 is 28.7 Å². The largest absolute Gasteiger partial charge is 0.396 e. The van der Waals surface area contributed by atoms with Crippen LogP contribution < -0.4 is 21.7 Å². The second-order valence-electron chi connectivity index (χ2n) is 8.70. The van der Waals surface area contributed by atoms with Gasteiger partial charge < -0.3 is 26.8 Å². The molecule has 32 heavy (non-hydrogen) atoms. The lowest BCUT2D eigenvalue weighted by Gasteiger charge is -2.27. The molecule has 2 fully saturated rings. The number of anilines is 3. The zero-order valence-electron chi connectivity index (χ0n) is 17.7. The molecule has 3 aromatic rings. The highest BCUT2D eigenvalue weighted by Crippen LogP contribution is 2.35. The molecular weight excluding hydrogens is 408 g/mol. The number of aliphatic hydroxyl groups is 1. The predicted molar refractivity (Wildman–Crippen MR) is 122 cm³/mol. The summed E-state index contributed by atoms with van der Waals surface area (Å²) in [4.78, 5) is 21.4. The minimum absolute atomic E-state index is 0.153. The molecule has 2 atom stereocenters. The smallest absolute Gasteiger partial charge is 0.276 e. The van der Waals surface area contributed by atoms with Crippen LogP contribution in [0.25, 0.3) is 5.65 Å². The minimum Gasteiger partial charge on any atom is -0.396 e. The van der Waals surface area contributed by atoms with Crippen molar-refractivity contribution in [3.63, 3.8) is 0 Å². The first-order valence-corrected chi connectivity index (χ1v) is 11.1. The van der Waals surface area contributed by atoms with Crippen molar-refractivity contribution in [1.29, 1.82) is 0 Å². The maximum Gasteiger partial charge on any atom is 0.276 e. The van der Waals surface area contributed by atoms with E-state index in [-0.39, 0.29) is 36.6 Å². The summed E-state index contributed by atoms with van der Waals surface area (Å²) >= 11 is 0. The van der Waals surface area contributed by atoms with Gasteiger partial charge in [0.1, 0.15) is 5.82 Å². The van der Waals surface area contributed by atoms with E-state index < -0.39 is 0 Å². The molecule has 168 valence electrons. The first kappa shape index (κ1) is 20.7. The van der Waals surface area contributed by atoms with Crippen molar-refractivity contribution in [2.24, 2.45) is 11.7 Å². The minimum atomic E-state index is -0.303. The van der Waals surface area contributed by atoms with Crippen LogP contribution in [0.3, 0.4) is 0 Å². The third kappa shape index (κ3) is 4.37. The highest BCUT2D eigenvalue weighted by Gasteiger charge is 2.37. The number of nitrogens with one attached hydrogen (secondary N) is 3. The Hall–Kier alpha value is -3.24. The van der Waals surface area contributed by atoms with Crippen LogP contribution in [0.4, 0.5) is 17.2 Å². The van der Waals surface area contributed by atoms with Crippen molar-refractivity contribution in [2.45, 2.75) is 50.2 Å². The molecule has 2 aliphatic rings. The summed E-state index contributed by atoms with van der Waals surface area (Å²) in [6.45, 7) is 0.153. The van der Waals surface area contributed by atoms with E-state index in [9.17, 15) is 9.90 Å². The van der Waals surface area contributed by atoms with Crippen molar-refractivity contribution in [1.82, 2.24) is 19.6 Å². The van der Waals surface area contributed by atoms with Crippen molar-refractivity contribution in [3.05, 3.63) is 42.5 Å². The van der Waals surface area contributed by atoms with Gasteiger partial charge in [0, 0.05) is 54.8 Å². The maximum absolute atomic E-state index is 13.0. The van der Waals surface area contributed by atoms with Gasteiger partial charge in [-0.05, 0) is 44.2 Å². The number of imidazole rings is 1. The summed E-state index contributed by atoms with van der Waals surface area (Å²) in [6.07, 6.45) is 9.61. The van der Waals surface area contributed by atoms with Gasteiger partial charge >= 0.3 is 0 Å². The molecule has 0 spiro atoms. The van der Waals surface area contributed by atoms with E-state index in [1.54, 1.807) is 29.0 Å². The lowest BCUT2D eigenvalue weighted by molar-refractivity contribution is 0.102. The van der Waals surface area contributed by atoms with E-state index in [1.807, 2.05) is 6.07 Å². The Morgan fingerprint density at radius 1 is 1.19 bits per heavy atom. The van der Waals surface area contributed by atoms with E-state index in [0.717, 1.165) is 37.8 Å². The average molecular weight is 437 g/mol. The number of amides is 1. The lowest BCUT2D eigenvalue weighted by atomic mass is 9.92. The van der Waals surface area contributed by atoms with Crippen LogP contribution in [-0.4, -0.2) is 55.3 Å². The Morgan fingerprint density at radius 2 is 1.97 bits per heavy atom. The molecule has 2 aliphatic carbocycles. The number of rotatable bonds is 7. The molecule has 10 nitrogen and oxygen atoms in total. The van der Waals surface area contributed by atoms with Crippen molar-refractivity contribution in [3.8, 4) is 0 Å². The molecule has 1 amide bonds. The van der Waals surface area contributed by atoms with Crippen molar-refractivity contribution in [2.75, 3.05) is 22.6 Å². The van der Waals surface area contributed by atoms with Crippen molar-refractivity contribution < 1.29 is 9.90 Å². The number of aromatic nitrogens is 4. The van der Waals surface area contributed by atoms with Crippen LogP contribution in [0, 0.1) is 5.92 Å². The van der Waals surface area contributed by atoms with Crippen LogP contribution in [-0.2, 0) is 0 Å². The highest BCUT2D eigenvalue weighted by atomic mass is 16.3. The van der Waals surface area contributed by atoms with E-state index in [0.29, 0.717) is 22.8 Å². The molecule has 0 saturated heterocycles. The van der Waals surface area contributed by atoms with Gasteiger partial charge in [0.25, 0.3) is 5.91 Å². The second-order valence-corrected chi connectivity index (χ2v) is 8.70. The zero-order chi connectivity index (χ0) is 22.1. The van der Waals surface area contributed by atoms with Gasteiger partial charge in [-0.25, -0.2) is 9.50 Å². The Kier molecular flexibility index (Phi) is 5.62. The zero-order valence-corrected chi connectivity index (χ0v) is 17.7.